The number of ether oxygens (including phenoxy) is 1. The van der Waals surface area contributed by atoms with Gasteiger partial charge in [-0.15, -0.1) is 0 Å². The molecule has 1 saturated heterocycles. The van der Waals surface area contributed by atoms with E-state index in [9.17, 15) is 5.11 Å². The molecule has 0 radical (unpaired) electrons. The van der Waals surface area contributed by atoms with E-state index < -0.39 is 0 Å². The fourth-order valence-electron chi connectivity index (χ4n) is 2.33. The second-order valence-corrected chi connectivity index (χ2v) is 6.04. The SMILES string of the molecule is COCc1nc(N2CCCC(C)CC2)sc1CO. The number of anilines is 1. The topological polar surface area (TPSA) is 45.6 Å². The monoisotopic (exact) mass is 270 g/mol. The van der Waals surface area contributed by atoms with Crippen LogP contribution in [0.25, 0.3) is 0 Å². The molecular formula is C13H22N2O2S. The minimum Gasteiger partial charge on any atom is -0.391 e. The fourth-order valence-corrected chi connectivity index (χ4v) is 3.31. The summed E-state index contributed by atoms with van der Waals surface area (Å²) in [5.41, 5.74) is 0.886. The van der Waals surface area contributed by atoms with Crippen molar-refractivity contribution >= 4 is 16.5 Å². The lowest BCUT2D eigenvalue weighted by Gasteiger charge is -2.18. The predicted octanol–water partition coefficient (Wildman–Crippen LogP) is 2.41. The molecule has 1 aliphatic heterocycles. The molecule has 1 aliphatic rings. The highest BCUT2D eigenvalue weighted by Gasteiger charge is 2.19. The fraction of sp³-hybridized carbons (Fsp3) is 0.769. The third kappa shape index (κ3) is 3.22. The Kier molecular flexibility index (Phi) is 4.97. The first-order valence-corrected chi connectivity index (χ1v) is 7.39. The van der Waals surface area contributed by atoms with Crippen molar-refractivity contribution in [2.75, 3.05) is 25.1 Å². The van der Waals surface area contributed by atoms with Gasteiger partial charge in [0.1, 0.15) is 0 Å². The molecule has 0 amide bonds. The summed E-state index contributed by atoms with van der Waals surface area (Å²) in [5.74, 6) is 0.811. The summed E-state index contributed by atoms with van der Waals surface area (Å²) in [7, 11) is 1.66. The lowest BCUT2D eigenvalue weighted by molar-refractivity contribution is 0.179. The number of thiazole rings is 1. The highest BCUT2D eigenvalue weighted by Crippen LogP contribution is 2.29. The summed E-state index contributed by atoms with van der Waals surface area (Å²) in [6, 6.07) is 0. The van der Waals surface area contributed by atoms with Crippen LogP contribution in [-0.4, -0.2) is 30.3 Å². The molecule has 2 rings (SSSR count). The smallest absolute Gasteiger partial charge is 0.185 e. The van der Waals surface area contributed by atoms with E-state index in [0.29, 0.717) is 6.61 Å². The Hall–Kier alpha value is -0.650. The van der Waals surface area contributed by atoms with Crippen molar-refractivity contribution in [1.29, 1.82) is 0 Å². The zero-order chi connectivity index (χ0) is 13.0. The van der Waals surface area contributed by atoms with Gasteiger partial charge in [-0.25, -0.2) is 4.98 Å². The molecule has 1 N–H and O–H groups in total. The molecule has 102 valence electrons. The van der Waals surface area contributed by atoms with Crippen LogP contribution in [-0.2, 0) is 18.0 Å². The minimum atomic E-state index is 0.0562. The van der Waals surface area contributed by atoms with E-state index >= 15 is 0 Å². The van der Waals surface area contributed by atoms with Crippen molar-refractivity contribution < 1.29 is 9.84 Å². The number of aliphatic hydroxyl groups excluding tert-OH is 1. The first-order valence-electron chi connectivity index (χ1n) is 6.58. The Bertz CT molecular complexity index is 381. The molecule has 1 fully saturated rings. The number of methoxy groups -OCH3 is 1. The van der Waals surface area contributed by atoms with Crippen LogP contribution in [0.15, 0.2) is 0 Å². The highest BCUT2D eigenvalue weighted by molar-refractivity contribution is 7.15. The standard InChI is InChI=1S/C13H22N2O2S/c1-10-4-3-6-15(7-5-10)13-14-11(9-17-2)12(8-16)18-13/h10,16H,3-9H2,1-2H3. The molecule has 0 aliphatic carbocycles. The highest BCUT2D eigenvalue weighted by atomic mass is 32.1. The maximum Gasteiger partial charge on any atom is 0.185 e. The Labute approximate surface area is 113 Å². The third-order valence-corrected chi connectivity index (χ3v) is 4.62. The van der Waals surface area contributed by atoms with E-state index in [-0.39, 0.29) is 6.61 Å². The second kappa shape index (κ2) is 6.50. The normalized spacial score (nSPS) is 21.1. The second-order valence-electron chi connectivity index (χ2n) is 4.98. The number of nitrogens with zero attached hydrogens (tertiary/aromatic N) is 2. The van der Waals surface area contributed by atoms with Crippen LogP contribution >= 0.6 is 11.3 Å². The van der Waals surface area contributed by atoms with Gasteiger partial charge < -0.3 is 14.7 Å². The van der Waals surface area contributed by atoms with Crippen molar-refractivity contribution in [1.82, 2.24) is 4.98 Å². The zero-order valence-electron chi connectivity index (χ0n) is 11.2. The van der Waals surface area contributed by atoms with Crippen LogP contribution < -0.4 is 4.90 Å². The van der Waals surface area contributed by atoms with Crippen molar-refractivity contribution in [2.24, 2.45) is 5.92 Å². The van der Waals surface area contributed by atoms with E-state index in [4.69, 9.17) is 4.74 Å². The molecule has 0 aromatic carbocycles. The summed E-state index contributed by atoms with van der Waals surface area (Å²) in [6.07, 6.45) is 3.77. The van der Waals surface area contributed by atoms with Crippen LogP contribution in [0, 0.1) is 5.92 Å². The number of rotatable bonds is 4. The zero-order valence-corrected chi connectivity index (χ0v) is 12.0. The van der Waals surface area contributed by atoms with Crippen molar-refractivity contribution in [3.05, 3.63) is 10.6 Å². The van der Waals surface area contributed by atoms with Gasteiger partial charge in [0.15, 0.2) is 5.13 Å². The van der Waals surface area contributed by atoms with Crippen LogP contribution in [0.2, 0.25) is 0 Å². The van der Waals surface area contributed by atoms with Crippen molar-refractivity contribution in [3.63, 3.8) is 0 Å². The summed E-state index contributed by atoms with van der Waals surface area (Å²) in [6.45, 7) is 5.01. The quantitative estimate of drug-likeness (QED) is 0.912. The molecule has 1 aromatic heterocycles. The van der Waals surface area contributed by atoms with Gasteiger partial charge in [0.25, 0.3) is 0 Å². The largest absolute Gasteiger partial charge is 0.391 e. The third-order valence-electron chi connectivity index (χ3n) is 3.48. The Morgan fingerprint density at radius 2 is 2.28 bits per heavy atom. The Morgan fingerprint density at radius 3 is 3.00 bits per heavy atom. The molecule has 2 heterocycles. The van der Waals surface area contributed by atoms with Crippen LogP contribution in [0.4, 0.5) is 5.13 Å². The van der Waals surface area contributed by atoms with E-state index in [1.54, 1.807) is 18.4 Å². The molecule has 1 atom stereocenters. The van der Waals surface area contributed by atoms with Gasteiger partial charge in [-0.1, -0.05) is 18.3 Å². The summed E-state index contributed by atoms with van der Waals surface area (Å²) in [5, 5.41) is 10.4. The molecule has 0 bridgehead atoms. The summed E-state index contributed by atoms with van der Waals surface area (Å²) >= 11 is 1.60. The summed E-state index contributed by atoms with van der Waals surface area (Å²) in [4.78, 5) is 7.91. The maximum atomic E-state index is 9.35. The molecular weight excluding hydrogens is 248 g/mol. The van der Waals surface area contributed by atoms with Crippen molar-refractivity contribution in [2.45, 2.75) is 39.4 Å². The van der Waals surface area contributed by atoms with Gasteiger partial charge in [-0.3, -0.25) is 0 Å². The molecule has 0 saturated carbocycles. The first kappa shape index (κ1) is 13.8. The van der Waals surface area contributed by atoms with Gasteiger partial charge in [-0.2, -0.15) is 0 Å². The van der Waals surface area contributed by atoms with Gasteiger partial charge in [0.05, 0.1) is 23.8 Å². The average Bonchev–Trinajstić information content (AvgIpc) is 2.64. The predicted molar refractivity (Wildman–Crippen MR) is 74.0 cm³/mol. The average molecular weight is 270 g/mol. The lowest BCUT2D eigenvalue weighted by Crippen LogP contribution is -2.23. The van der Waals surface area contributed by atoms with E-state index in [0.717, 1.165) is 34.7 Å². The van der Waals surface area contributed by atoms with E-state index in [2.05, 4.69) is 16.8 Å². The van der Waals surface area contributed by atoms with Crippen LogP contribution in [0.3, 0.4) is 0 Å². The van der Waals surface area contributed by atoms with Crippen molar-refractivity contribution in [3.8, 4) is 0 Å². The molecule has 1 unspecified atom stereocenters. The Morgan fingerprint density at radius 1 is 1.44 bits per heavy atom. The Balaban J connectivity index is 2.11. The number of hydrogen-bond acceptors (Lipinski definition) is 5. The lowest BCUT2D eigenvalue weighted by atomic mass is 10.0. The maximum absolute atomic E-state index is 9.35. The molecule has 1 aromatic rings. The first-order chi connectivity index (χ1) is 8.74. The van der Waals surface area contributed by atoms with Gasteiger partial charge in [0, 0.05) is 20.2 Å². The van der Waals surface area contributed by atoms with E-state index in [1.165, 1.54) is 19.3 Å². The molecule has 4 nitrogen and oxygen atoms in total. The van der Waals surface area contributed by atoms with Gasteiger partial charge >= 0.3 is 0 Å². The van der Waals surface area contributed by atoms with Crippen LogP contribution in [0.5, 0.6) is 0 Å². The van der Waals surface area contributed by atoms with Crippen LogP contribution in [0.1, 0.15) is 36.8 Å². The minimum absolute atomic E-state index is 0.0562. The number of aromatic nitrogens is 1. The van der Waals surface area contributed by atoms with Gasteiger partial charge in [-0.05, 0) is 25.2 Å². The molecule has 5 heteroatoms. The molecule has 0 spiro atoms. The van der Waals surface area contributed by atoms with E-state index in [1.807, 2.05) is 0 Å². The number of hydrogen-bond donors (Lipinski definition) is 1. The number of aliphatic hydroxyl groups is 1. The summed E-state index contributed by atoms with van der Waals surface area (Å²) < 4.78 is 5.13. The molecule has 18 heavy (non-hydrogen) atoms. The van der Waals surface area contributed by atoms with Gasteiger partial charge in [0.2, 0.25) is 0 Å².